The first-order chi connectivity index (χ1) is 5.61. The Morgan fingerprint density at radius 2 is 2.08 bits per heavy atom. The third-order valence-electron chi connectivity index (χ3n) is 2.39. The van der Waals surface area contributed by atoms with E-state index < -0.39 is 0 Å². The highest BCUT2D eigenvalue weighted by Gasteiger charge is 2.25. The molecule has 0 unspecified atom stereocenters. The summed E-state index contributed by atoms with van der Waals surface area (Å²) in [4.78, 5) is 2.33. The maximum atomic E-state index is 9.33. The number of hydrogen-bond donors (Lipinski definition) is 1. The zero-order valence-electron chi connectivity index (χ0n) is 8.16. The summed E-state index contributed by atoms with van der Waals surface area (Å²) in [6.45, 7) is 8.72. The summed E-state index contributed by atoms with van der Waals surface area (Å²) in [5.74, 6) is 0. The van der Waals surface area contributed by atoms with Gasteiger partial charge in [-0.1, -0.05) is 0 Å². The molecule has 0 aliphatic carbocycles. The largest absolute Gasteiger partial charge is 0.391 e. The molecule has 12 heavy (non-hydrogen) atoms. The van der Waals surface area contributed by atoms with E-state index >= 15 is 0 Å². The summed E-state index contributed by atoms with van der Waals surface area (Å²) in [7, 11) is 0. The predicted molar refractivity (Wildman–Crippen MR) is 48.1 cm³/mol. The molecule has 0 aromatic heterocycles. The standard InChI is InChI=1S/C9H19NO2/c1-7(2)10-4-5-12-9(6-10)8(3)11/h7-9,11H,4-6H2,1-3H3/t8-,9+/m0/s1. The van der Waals surface area contributed by atoms with Gasteiger partial charge < -0.3 is 9.84 Å². The van der Waals surface area contributed by atoms with E-state index in [0.29, 0.717) is 6.04 Å². The monoisotopic (exact) mass is 173 g/mol. The van der Waals surface area contributed by atoms with Crippen LogP contribution in [0, 0.1) is 0 Å². The fraction of sp³-hybridized carbons (Fsp3) is 1.00. The second kappa shape index (κ2) is 4.21. The van der Waals surface area contributed by atoms with E-state index in [-0.39, 0.29) is 12.2 Å². The Kier molecular flexibility index (Phi) is 3.50. The van der Waals surface area contributed by atoms with Crippen LogP contribution < -0.4 is 0 Å². The lowest BCUT2D eigenvalue weighted by atomic mass is 10.1. The van der Waals surface area contributed by atoms with Gasteiger partial charge in [0.25, 0.3) is 0 Å². The normalized spacial score (nSPS) is 29.2. The van der Waals surface area contributed by atoms with Gasteiger partial charge in [0, 0.05) is 19.1 Å². The van der Waals surface area contributed by atoms with Crippen LogP contribution in [0.4, 0.5) is 0 Å². The highest BCUT2D eigenvalue weighted by atomic mass is 16.5. The minimum absolute atomic E-state index is 0.00106. The molecule has 0 amide bonds. The molecule has 1 aliphatic rings. The molecule has 0 bridgehead atoms. The summed E-state index contributed by atoms with van der Waals surface area (Å²) in [6.07, 6.45) is -0.354. The molecule has 3 heteroatoms. The maximum absolute atomic E-state index is 9.33. The smallest absolute Gasteiger partial charge is 0.0958 e. The Balaban J connectivity index is 2.40. The zero-order valence-corrected chi connectivity index (χ0v) is 8.16. The number of ether oxygens (including phenoxy) is 1. The molecule has 1 saturated heterocycles. The van der Waals surface area contributed by atoms with Crippen molar-refractivity contribution in [3.05, 3.63) is 0 Å². The third kappa shape index (κ3) is 2.44. The lowest BCUT2D eigenvalue weighted by Gasteiger charge is -2.36. The molecule has 0 spiro atoms. The van der Waals surface area contributed by atoms with Gasteiger partial charge in [0.15, 0.2) is 0 Å². The van der Waals surface area contributed by atoms with Gasteiger partial charge >= 0.3 is 0 Å². The molecular formula is C9H19NO2. The van der Waals surface area contributed by atoms with Crippen molar-refractivity contribution in [2.24, 2.45) is 0 Å². The van der Waals surface area contributed by atoms with Crippen molar-refractivity contribution in [3.8, 4) is 0 Å². The molecule has 1 aliphatic heterocycles. The zero-order chi connectivity index (χ0) is 9.14. The quantitative estimate of drug-likeness (QED) is 0.659. The average molecular weight is 173 g/mol. The topological polar surface area (TPSA) is 32.7 Å². The second-order valence-electron chi connectivity index (χ2n) is 3.74. The van der Waals surface area contributed by atoms with Gasteiger partial charge in [0.05, 0.1) is 18.8 Å². The van der Waals surface area contributed by atoms with Crippen LogP contribution in [0.3, 0.4) is 0 Å². The number of rotatable bonds is 2. The van der Waals surface area contributed by atoms with E-state index in [4.69, 9.17) is 4.74 Å². The van der Waals surface area contributed by atoms with Gasteiger partial charge in [-0.15, -0.1) is 0 Å². The van der Waals surface area contributed by atoms with E-state index in [0.717, 1.165) is 19.7 Å². The number of hydrogen-bond acceptors (Lipinski definition) is 3. The molecule has 1 fully saturated rings. The van der Waals surface area contributed by atoms with Crippen molar-refractivity contribution in [3.63, 3.8) is 0 Å². The van der Waals surface area contributed by atoms with Crippen LogP contribution in [0.5, 0.6) is 0 Å². The minimum Gasteiger partial charge on any atom is -0.391 e. The van der Waals surface area contributed by atoms with Gasteiger partial charge in [0.2, 0.25) is 0 Å². The van der Waals surface area contributed by atoms with Crippen LogP contribution in [-0.4, -0.2) is 48.0 Å². The van der Waals surface area contributed by atoms with Crippen molar-refractivity contribution < 1.29 is 9.84 Å². The second-order valence-corrected chi connectivity index (χ2v) is 3.74. The van der Waals surface area contributed by atoms with Crippen molar-refractivity contribution in [1.82, 2.24) is 4.90 Å². The Morgan fingerprint density at radius 1 is 1.42 bits per heavy atom. The third-order valence-corrected chi connectivity index (χ3v) is 2.39. The lowest BCUT2D eigenvalue weighted by molar-refractivity contribution is -0.0890. The van der Waals surface area contributed by atoms with E-state index in [1.54, 1.807) is 6.92 Å². The van der Waals surface area contributed by atoms with Gasteiger partial charge in [-0.3, -0.25) is 4.90 Å². The van der Waals surface area contributed by atoms with E-state index in [9.17, 15) is 5.11 Å². The average Bonchev–Trinajstić information content (AvgIpc) is 2.04. The van der Waals surface area contributed by atoms with Crippen molar-refractivity contribution in [2.75, 3.05) is 19.7 Å². The predicted octanol–water partition coefficient (Wildman–Crippen LogP) is 0.476. The highest BCUT2D eigenvalue weighted by Crippen LogP contribution is 2.11. The molecule has 0 aromatic rings. The van der Waals surface area contributed by atoms with E-state index in [1.165, 1.54) is 0 Å². The Bertz CT molecular complexity index is 122. The molecule has 72 valence electrons. The first-order valence-electron chi connectivity index (χ1n) is 4.65. The van der Waals surface area contributed by atoms with Crippen LogP contribution >= 0.6 is 0 Å². The lowest BCUT2D eigenvalue weighted by Crippen LogP contribution is -2.49. The fourth-order valence-electron chi connectivity index (χ4n) is 1.46. The minimum atomic E-state index is -0.355. The molecule has 1 heterocycles. The van der Waals surface area contributed by atoms with Crippen molar-refractivity contribution >= 4 is 0 Å². The van der Waals surface area contributed by atoms with Gasteiger partial charge in [-0.2, -0.15) is 0 Å². The summed E-state index contributed by atoms with van der Waals surface area (Å²) in [5, 5.41) is 9.33. The number of aliphatic hydroxyl groups is 1. The SMILES string of the molecule is CC(C)N1CCO[C@@H]([C@H](C)O)C1. The van der Waals surface area contributed by atoms with Crippen LogP contribution in [0.25, 0.3) is 0 Å². The Hall–Kier alpha value is -0.120. The summed E-state index contributed by atoms with van der Waals surface area (Å²) >= 11 is 0. The van der Waals surface area contributed by atoms with Gasteiger partial charge in [0.1, 0.15) is 0 Å². The van der Waals surface area contributed by atoms with Gasteiger partial charge in [-0.25, -0.2) is 0 Å². The first-order valence-corrected chi connectivity index (χ1v) is 4.65. The Labute approximate surface area is 74.3 Å². The summed E-state index contributed by atoms with van der Waals surface area (Å²) in [5.41, 5.74) is 0. The number of morpholine rings is 1. The molecular weight excluding hydrogens is 154 g/mol. The Morgan fingerprint density at radius 3 is 2.58 bits per heavy atom. The number of aliphatic hydroxyl groups excluding tert-OH is 1. The highest BCUT2D eigenvalue weighted by molar-refractivity contribution is 4.76. The van der Waals surface area contributed by atoms with E-state index in [1.807, 2.05) is 0 Å². The molecule has 1 N–H and O–H groups in total. The molecule has 0 aromatic carbocycles. The summed E-state index contributed by atoms with van der Waals surface area (Å²) < 4.78 is 5.43. The molecule has 2 atom stereocenters. The molecule has 3 nitrogen and oxygen atoms in total. The number of nitrogens with zero attached hydrogens (tertiary/aromatic N) is 1. The van der Waals surface area contributed by atoms with Crippen LogP contribution in [-0.2, 0) is 4.74 Å². The first kappa shape index (κ1) is 9.96. The van der Waals surface area contributed by atoms with Crippen LogP contribution in [0.15, 0.2) is 0 Å². The molecule has 0 saturated carbocycles. The van der Waals surface area contributed by atoms with Gasteiger partial charge in [-0.05, 0) is 20.8 Å². The van der Waals surface area contributed by atoms with Crippen LogP contribution in [0.1, 0.15) is 20.8 Å². The van der Waals surface area contributed by atoms with E-state index in [2.05, 4.69) is 18.7 Å². The summed E-state index contributed by atoms with van der Waals surface area (Å²) in [6, 6.07) is 0.551. The molecule has 1 rings (SSSR count). The van der Waals surface area contributed by atoms with Crippen molar-refractivity contribution in [1.29, 1.82) is 0 Å². The van der Waals surface area contributed by atoms with Crippen molar-refractivity contribution in [2.45, 2.75) is 39.0 Å². The van der Waals surface area contributed by atoms with Crippen LogP contribution in [0.2, 0.25) is 0 Å². The maximum Gasteiger partial charge on any atom is 0.0958 e. The fourth-order valence-corrected chi connectivity index (χ4v) is 1.46. The molecule has 0 radical (unpaired) electrons.